The van der Waals surface area contributed by atoms with Gasteiger partial charge in [-0.15, -0.1) is 10.2 Å². The van der Waals surface area contributed by atoms with E-state index in [1.54, 1.807) is 0 Å². The number of halogens is 2. The van der Waals surface area contributed by atoms with Crippen LogP contribution in [0.1, 0.15) is 54.9 Å². The molecule has 1 amide bonds. The molecule has 5 nitrogen and oxygen atoms in total. The van der Waals surface area contributed by atoms with Gasteiger partial charge in [-0.1, -0.05) is 38.0 Å². The van der Waals surface area contributed by atoms with Crippen molar-refractivity contribution in [2.24, 2.45) is 0 Å². The minimum absolute atomic E-state index is 0.0135. The summed E-state index contributed by atoms with van der Waals surface area (Å²) < 4.78 is 30.8. The molecule has 1 aromatic heterocycles. The smallest absolute Gasteiger partial charge is 0.260 e. The first-order chi connectivity index (χ1) is 12.4. The summed E-state index contributed by atoms with van der Waals surface area (Å²) in [4.78, 5) is 12.8. The number of rotatable bonds is 6. The van der Waals surface area contributed by atoms with Gasteiger partial charge < -0.3 is 0 Å². The van der Waals surface area contributed by atoms with Crippen molar-refractivity contribution in [3.63, 3.8) is 0 Å². The zero-order valence-electron chi connectivity index (χ0n) is 14.6. The minimum Gasteiger partial charge on any atom is -0.296 e. The zero-order valence-corrected chi connectivity index (χ0v) is 16.2. The lowest BCUT2D eigenvalue weighted by atomic mass is 9.90. The molecule has 2 aromatic rings. The summed E-state index contributed by atoms with van der Waals surface area (Å²) in [5, 5.41) is 11.9. The van der Waals surface area contributed by atoms with Crippen molar-refractivity contribution in [2.45, 2.75) is 49.8 Å². The maximum Gasteiger partial charge on any atom is 0.260 e. The predicted molar refractivity (Wildman–Crippen MR) is 99.6 cm³/mol. The lowest BCUT2D eigenvalue weighted by Gasteiger charge is -2.18. The summed E-state index contributed by atoms with van der Waals surface area (Å²) in [5.41, 5.74) is -0.366. The Morgan fingerprint density at radius 1 is 1.31 bits per heavy atom. The van der Waals surface area contributed by atoms with Crippen molar-refractivity contribution in [1.29, 1.82) is 0 Å². The predicted octanol–water partition coefficient (Wildman–Crippen LogP) is 4.52. The van der Waals surface area contributed by atoms with Crippen molar-refractivity contribution in [3.8, 4) is 0 Å². The molecule has 26 heavy (non-hydrogen) atoms. The number of carbonyl (C=O) groups is 1. The van der Waals surface area contributed by atoms with Crippen LogP contribution in [0.3, 0.4) is 0 Å². The van der Waals surface area contributed by atoms with E-state index < -0.39 is 17.5 Å². The molecule has 0 spiro atoms. The van der Waals surface area contributed by atoms with Crippen LogP contribution in [0.2, 0.25) is 0 Å². The normalized spacial score (nSPS) is 16.0. The highest BCUT2D eigenvalue weighted by molar-refractivity contribution is 7.97. The van der Waals surface area contributed by atoms with Crippen LogP contribution >= 0.6 is 23.3 Å². The molecule has 0 atom stereocenters. The van der Waals surface area contributed by atoms with E-state index in [1.807, 2.05) is 6.92 Å². The Kier molecular flexibility index (Phi) is 5.89. The van der Waals surface area contributed by atoms with Gasteiger partial charge in [0.1, 0.15) is 5.01 Å². The van der Waals surface area contributed by atoms with Crippen molar-refractivity contribution in [3.05, 3.63) is 34.3 Å². The fourth-order valence-corrected chi connectivity index (χ4v) is 4.59. The van der Waals surface area contributed by atoms with Crippen molar-refractivity contribution < 1.29 is 13.6 Å². The Balaban J connectivity index is 1.78. The highest BCUT2D eigenvalue weighted by Crippen LogP contribution is 2.42. The second-order valence-corrected chi connectivity index (χ2v) is 8.44. The number of nitrogens with one attached hydrogen (secondary N) is 2. The summed E-state index contributed by atoms with van der Waals surface area (Å²) in [6, 6.07) is 2.38. The lowest BCUT2D eigenvalue weighted by Crippen LogP contribution is -2.16. The second-order valence-electron chi connectivity index (χ2n) is 6.50. The molecule has 0 bridgehead atoms. The Hall–Kier alpha value is -1.58. The van der Waals surface area contributed by atoms with Crippen molar-refractivity contribution in [2.75, 3.05) is 11.9 Å². The van der Waals surface area contributed by atoms with Crippen LogP contribution in [0.5, 0.6) is 0 Å². The largest absolute Gasteiger partial charge is 0.296 e. The topological polar surface area (TPSA) is 66.9 Å². The lowest BCUT2D eigenvalue weighted by molar-refractivity contribution is 0.102. The van der Waals surface area contributed by atoms with Crippen LogP contribution in [0, 0.1) is 11.6 Å². The van der Waals surface area contributed by atoms with E-state index in [0.717, 1.165) is 48.7 Å². The number of carbonyl (C=O) groups excluding carboxylic acids is 1. The molecule has 1 heterocycles. The van der Waals surface area contributed by atoms with E-state index in [4.69, 9.17) is 0 Å². The molecule has 1 aliphatic carbocycles. The zero-order chi connectivity index (χ0) is 18.7. The average Bonchev–Trinajstić information content (AvgIpc) is 3.26. The SMILES string of the molecule is CCNSc1cc(F)c(F)c(C(=O)Nc2nnc(C3(C)CCCC3)s2)c1. The third kappa shape index (κ3) is 4.05. The number of nitrogens with zero attached hydrogens (tertiary/aromatic N) is 2. The monoisotopic (exact) mass is 398 g/mol. The van der Waals surface area contributed by atoms with E-state index in [0.29, 0.717) is 16.6 Å². The summed E-state index contributed by atoms with van der Waals surface area (Å²) in [5.74, 6) is -2.97. The molecular weight excluding hydrogens is 378 g/mol. The maximum absolute atomic E-state index is 14.1. The summed E-state index contributed by atoms with van der Waals surface area (Å²) in [6.45, 7) is 4.68. The Morgan fingerprint density at radius 2 is 2.04 bits per heavy atom. The second kappa shape index (κ2) is 7.98. The molecule has 1 saturated carbocycles. The Bertz CT molecular complexity index is 806. The number of hydrogen-bond donors (Lipinski definition) is 2. The van der Waals surface area contributed by atoms with Gasteiger partial charge in [0.15, 0.2) is 11.6 Å². The molecule has 0 aliphatic heterocycles. The first-order valence-electron chi connectivity index (χ1n) is 8.47. The minimum atomic E-state index is -1.17. The molecule has 0 radical (unpaired) electrons. The van der Waals surface area contributed by atoms with Gasteiger partial charge in [-0.05, 0) is 36.9 Å². The van der Waals surface area contributed by atoms with Crippen LogP contribution in [0.25, 0.3) is 0 Å². The number of anilines is 1. The van der Waals surface area contributed by atoms with Gasteiger partial charge in [0, 0.05) is 16.9 Å². The van der Waals surface area contributed by atoms with Crippen LogP contribution in [0.15, 0.2) is 17.0 Å². The third-order valence-corrected chi connectivity index (χ3v) is 6.50. The standard InChI is InChI=1S/C17H20F2N4OS2/c1-3-20-26-10-8-11(13(19)12(18)9-10)14(24)21-16-23-22-15(25-16)17(2)6-4-5-7-17/h8-9,20H,3-7H2,1-2H3,(H,21,23,24). The van der Waals surface area contributed by atoms with Gasteiger partial charge in [-0.3, -0.25) is 14.8 Å². The van der Waals surface area contributed by atoms with Gasteiger partial charge >= 0.3 is 0 Å². The molecule has 1 fully saturated rings. The van der Waals surface area contributed by atoms with E-state index >= 15 is 0 Å². The molecule has 9 heteroatoms. The number of amides is 1. The van der Waals surface area contributed by atoms with E-state index in [1.165, 1.54) is 17.4 Å². The quantitative estimate of drug-likeness (QED) is 0.701. The first kappa shape index (κ1) is 19.2. The highest BCUT2D eigenvalue weighted by atomic mass is 32.2. The van der Waals surface area contributed by atoms with Crippen molar-refractivity contribution >= 4 is 34.3 Å². The van der Waals surface area contributed by atoms with Crippen LogP contribution < -0.4 is 10.0 Å². The number of benzene rings is 1. The van der Waals surface area contributed by atoms with E-state index in [9.17, 15) is 13.6 Å². The molecule has 0 saturated heterocycles. The van der Waals surface area contributed by atoms with Crippen LogP contribution in [0.4, 0.5) is 13.9 Å². The molecule has 3 rings (SSSR count). The fourth-order valence-electron chi connectivity index (χ4n) is 3.00. The van der Waals surface area contributed by atoms with Crippen LogP contribution in [-0.4, -0.2) is 22.6 Å². The first-order valence-corrected chi connectivity index (χ1v) is 10.1. The molecule has 1 aromatic carbocycles. The summed E-state index contributed by atoms with van der Waals surface area (Å²) in [6.07, 6.45) is 4.38. The summed E-state index contributed by atoms with van der Waals surface area (Å²) in [7, 11) is 0. The fraction of sp³-hybridized carbons (Fsp3) is 0.471. The number of hydrogen-bond acceptors (Lipinski definition) is 6. The molecule has 1 aliphatic rings. The summed E-state index contributed by atoms with van der Waals surface area (Å²) >= 11 is 2.43. The maximum atomic E-state index is 14.1. The Morgan fingerprint density at radius 3 is 2.73 bits per heavy atom. The van der Waals surface area contributed by atoms with Crippen LogP contribution in [-0.2, 0) is 5.41 Å². The molecule has 0 unspecified atom stereocenters. The van der Waals surface area contributed by atoms with Gasteiger partial charge in [-0.25, -0.2) is 8.78 Å². The number of aromatic nitrogens is 2. The van der Waals surface area contributed by atoms with Gasteiger partial charge in [0.05, 0.1) is 5.56 Å². The molecular formula is C17H20F2N4OS2. The molecule has 2 N–H and O–H groups in total. The third-order valence-electron chi connectivity index (χ3n) is 4.45. The molecule has 140 valence electrons. The van der Waals surface area contributed by atoms with Gasteiger partial charge in [-0.2, -0.15) is 0 Å². The van der Waals surface area contributed by atoms with E-state index in [-0.39, 0.29) is 11.0 Å². The average molecular weight is 399 g/mol. The Labute approximate surface area is 159 Å². The van der Waals surface area contributed by atoms with Gasteiger partial charge in [0.25, 0.3) is 5.91 Å². The van der Waals surface area contributed by atoms with Gasteiger partial charge in [0.2, 0.25) is 5.13 Å². The van der Waals surface area contributed by atoms with Crippen molar-refractivity contribution in [1.82, 2.24) is 14.9 Å². The highest BCUT2D eigenvalue weighted by Gasteiger charge is 2.34. The van der Waals surface area contributed by atoms with E-state index in [2.05, 4.69) is 27.2 Å².